The lowest BCUT2D eigenvalue weighted by Gasteiger charge is -2.15. The number of hydrogen-bond acceptors (Lipinski definition) is 5. The van der Waals surface area contributed by atoms with Crippen LogP contribution in [0.15, 0.2) is 11.8 Å². The Balaban J connectivity index is 1.89. The molecule has 1 saturated heterocycles. The van der Waals surface area contributed by atoms with Crippen molar-refractivity contribution in [3.8, 4) is 0 Å². The molecule has 2 atom stereocenters. The first kappa shape index (κ1) is 13.9. The van der Waals surface area contributed by atoms with Crippen molar-refractivity contribution in [1.29, 1.82) is 0 Å². The Kier molecular flexibility index (Phi) is 4.79. The van der Waals surface area contributed by atoms with Gasteiger partial charge in [-0.2, -0.15) is 0 Å². The average molecular weight is 268 g/mol. The highest BCUT2D eigenvalue weighted by molar-refractivity contribution is 5.88. The van der Waals surface area contributed by atoms with E-state index in [1.54, 1.807) is 13.0 Å². The van der Waals surface area contributed by atoms with Crippen LogP contribution in [0, 0.1) is 5.92 Å². The molecule has 0 bridgehead atoms. The van der Waals surface area contributed by atoms with Gasteiger partial charge in [-0.25, -0.2) is 4.79 Å². The zero-order valence-electron chi connectivity index (χ0n) is 11.1. The number of nitrogens with one attached hydrogen (secondary N) is 2. The molecule has 1 fully saturated rings. The van der Waals surface area contributed by atoms with Crippen LogP contribution in [-0.4, -0.2) is 31.1 Å². The first-order chi connectivity index (χ1) is 9.20. The van der Waals surface area contributed by atoms with Crippen molar-refractivity contribution < 1.29 is 19.2 Å². The number of amides is 1. The maximum Gasteiger partial charge on any atom is 0.356 e. The summed E-state index contributed by atoms with van der Waals surface area (Å²) in [4.78, 5) is 28.6. The first-order valence-electron chi connectivity index (χ1n) is 6.79. The van der Waals surface area contributed by atoms with Crippen molar-refractivity contribution in [1.82, 2.24) is 10.8 Å². The van der Waals surface area contributed by atoms with E-state index < -0.39 is 5.97 Å². The molecule has 2 aliphatic heterocycles. The molecule has 2 unspecified atom stereocenters. The minimum Gasteiger partial charge on any atom is -0.461 e. The molecule has 2 heterocycles. The summed E-state index contributed by atoms with van der Waals surface area (Å²) in [6, 6.07) is 0. The lowest BCUT2D eigenvalue weighted by atomic mass is 9.95. The van der Waals surface area contributed by atoms with E-state index in [0.29, 0.717) is 18.7 Å². The van der Waals surface area contributed by atoms with Gasteiger partial charge in [-0.1, -0.05) is 6.42 Å². The van der Waals surface area contributed by atoms with Gasteiger partial charge in [0.05, 0.1) is 6.61 Å². The largest absolute Gasteiger partial charge is 0.461 e. The standard InChI is InChI=1S/C13H20N2O4/c1-2-18-13(17)11-8-10(19-15-11)7-9-5-3-4-6-14-12(9)16/h8-10,15H,2-7H2,1H3,(H,14,16). The zero-order chi connectivity index (χ0) is 13.7. The monoisotopic (exact) mass is 268 g/mol. The molecule has 6 heteroatoms. The summed E-state index contributed by atoms with van der Waals surface area (Å²) in [7, 11) is 0. The molecule has 0 spiro atoms. The third kappa shape index (κ3) is 3.70. The van der Waals surface area contributed by atoms with Gasteiger partial charge < -0.3 is 10.1 Å². The topological polar surface area (TPSA) is 76.7 Å². The summed E-state index contributed by atoms with van der Waals surface area (Å²) in [6.07, 6.45) is 4.95. The van der Waals surface area contributed by atoms with Gasteiger partial charge >= 0.3 is 5.97 Å². The fraction of sp³-hybridized carbons (Fsp3) is 0.692. The van der Waals surface area contributed by atoms with E-state index in [1.165, 1.54) is 0 Å². The Bertz CT molecular complexity index is 381. The van der Waals surface area contributed by atoms with Gasteiger partial charge in [0.25, 0.3) is 0 Å². The summed E-state index contributed by atoms with van der Waals surface area (Å²) >= 11 is 0. The molecule has 6 nitrogen and oxygen atoms in total. The van der Waals surface area contributed by atoms with E-state index in [9.17, 15) is 9.59 Å². The molecule has 19 heavy (non-hydrogen) atoms. The van der Waals surface area contributed by atoms with Crippen LogP contribution in [0.2, 0.25) is 0 Å². The molecule has 0 aromatic heterocycles. The van der Waals surface area contributed by atoms with E-state index in [-0.39, 0.29) is 17.9 Å². The molecule has 0 saturated carbocycles. The third-order valence-electron chi connectivity index (χ3n) is 3.33. The maximum atomic E-state index is 11.8. The second-order valence-corrected chi connectivity index (χ2v) is 4.78. The summed E-state index contributed by atoms with van der Waals surface area (Å²) < 4.78 is 4.88. The number of hydroxylamine groups is 1. The highest BCUT2D eigenvalue weighted by atomic mass is 16.7. The SMILES string of the molecule is CCOC(=O)C1=CC(CC2CCCCNC2=O)ON1. The molecule has 0 aliphatic carbocycles. The van der Waals surface area contributed by atoms with Gasteiger partial charge in [-0.05, 0) is 32.3 Å². The van der Waals surface area contributed by atoms with Crippen LogP contribution in [0.1, 0.15) is 32.6 Å². The summed E-state index contributed by atoms with van der Waals surface area (Å²) in [5.74, 6) is -0.388. The normalized spacial score (nSPS) is 27.0. The average Bonchev–Trinajstić information content (AvgIpc) is 2.76. The number of carbonyl (C=O) groups excluding carboxylic acids is 2. The Labute approximate surface area is 112 Å². The molecule has 0 radical (unpaired) electrons. The lowest BCUT2D eigenvalue weighted by Crippen LogP contribution is -2.31. The van der Waals surface area contributed by atoms with Crippen LogP contribution in [-0.2, 0) is 19.2 Å². The molecule has 2 rings (SSSR count). The number of hydrogen-bond donors (Lipinski definition) is 2. The molecule has 2 aliphatic rings. The minimum atomic E-state index is -0.421. The maximum absolute atomic E-state index is 11.8. The Morgan fingerprint density at radius 3 is 3.16 bits per heavy atom. The van der Waals surface area contributed by atoms with Gasteiger partial charge in [0.2, 0.25) is 5.91 Å². The van der Waals surface area contributed by atoms with Crippen molar-refractivity contribution >= 4 is 11.9 Å². The predicted octanol–water partition coefficient (Wildman–Crippen LogP) is 0.643. The highest BCUT2D eigenvalue weighted by Crippen LogP contribution is 2.22. The molecular weight excluding hydrogens is 248 g/mol. The smallest absolute Gasteiger partial charge is 0.356 e. The summed E-state index contributed by atoms with van der Waals surface area (Å²) in [5.41, 5.74) is 2.89. The van der Waals surface area contributed by atoms with Crippen molar-refractivity contribution in [2.75, 3.05) is 13.2 Å². The lowest BCUT2D eigenvalue weighted by molar-refractivity contribution is -0.140. The van der Waals surface area contributed by atoms with Crippen LogP contribution >= 0.6 is 0 Å². The van der Waals surface area contributed by atoms with Gasteiger partial charge in [-0.3, -0.25) is 15.1 Å². The first-order valence-corrected chi connectivity index (χ1v) is 6.79. The van der Waals surface area contributed by atoms with Crippen LogP contribution in [0.5, 0.6) is 0 Å². The molecule has 2 N–H and O–H groups in total. The second-order valence-electron chi connectivity index (χ2n) is 4.78. The molecule has 1 amide bonds. The van der Waals surface area contributed by atoms with E-state index in [1.807, 2.05) is 0 Å². The third-order valence-corrected chi connectivity index (χ3v) is 3.33. The fourth-order valence-corrected chi connectivity index (χ4v) is 2.34. The van der Waals surface area contributed by atoms with E-state index in [4.69, 9.17) is 9.57 Å². The van der Waals surface area contributed by atoms with Crippen molar-refractivity contribution in [3.05, 3.63) is 11.8 Å². The van der Waals surface area contributed by atoms with E-state index in [2.05, 4.69) is 10.8 Å². The zero-order valence-corrected chi connectivity index (χ0v) is 11.1. The van der Waals surface area contributed by atoms with Gasteiger partial charge in [0.1, 0.15) is 11.8 Å². The van der Waals surface area contributed by atoms with Crippen LogP contribution in [0.4, 0.5) is 0 Å². The van der Waals surface area contributed by atoms with Crippen LogP contribution in [0.25, 0.3) is 0 Å². The molecule has 0 aromatic rings. The van der Waals surface area contributed by atoms with Crippen LogP contribution < -0.4 is 10.8 Å². The van der Waals surface area contributed by atoms with Crippen LogP contribution in [0.3, 0.4) is 0 Å². The summed E-state index contributed by atoms with van der Waals surface area (Å²) in [6.45, 7) is 2.83. The Morgan fingerprint density at radius 1 is 1.53 bits per heavy atom. The van der Waals surface area contributed by atoms with Crippen molar-refractivity contribution in [2.24, 2.45) is 5.92 Å². The van der Waals surface area contributed by atoms with Gasteiger partial charge in [0.15, 0.2) is 0 Å². The number of ether oxygens (including phenoxy) is 1. The van der Waals surface area contributed by atoms with E-state index >= 15 is 0 Å². The Hall–Kier alpha value is -1.56. The molecule has 106 valence electrons. The number of esters is 1. The highest BCUT2D eigenvalue weighted by Gasteiger charge is 2.28. The minimum absolute atomic E-state index is 0.0490. The second kappa shape index (κ2) is 6.56. The summed E-state index contributed by atoms with van der Waals surface area (Å²) in [5, 5.41) is 2.90. The van der Waals surface area contributed by atoms with Gasteiger partial charge in [-0.15, -0.1) is 0 Å². The quantitative estimate of drug-likeness (QED) is 0.732. The van der Waals surface area contributed by atoms with Crippen molar-refractivity contribution in [3.63, 3.8) is 0 Å². The van der Waals surface area contributed by atoms with E-state index in [0.717, 1.165) is 25.8 Å². The fourth-order valence-electron chi connectivity index (χ4n) is 2.34. The van der Waals surface area contributed by atoms with Crippen molar-refractivity contribution in [2.45, 2.75) is 38.7 Å². The number of carbonyl (C=O) groups is 2. The van der Waals surface area contributed by atoms with Gasteiger partial charge in [0, 0.05) is 12.5 Å². The number of rotatable bonds is 4. The predicted molar refractivity (Wildman–Crippen MR) is 67.7 cm³/mol. The molecular formula is C13H20N2O4. The molecule has 0 aromatic carbocycles. The Morgan fingerprint density at radius 2 is 2.37 bits per heavy atom.